The van der Waals surface area contributed by atoms with Crippen molar-refractivity contribution < 1.29 is 4.79 Å². The predicted molar refractivity (Wildman–Crippen MR) is 67.7 cm³/mol. The number of piperidine rings is 1. The smallest absolute Gasteiger partial charge is 0.223 e. The molecule has 0 aromatic heterocycles. The molecular weight excluding hydrogens is 212 g/mol. The van der Waals surface area contributed by atoms with Crippen LogP contribution >= 0.6 is 0 Å². The summed E-state index contributed by atoms with van der Waals surface area (Å²) in [6, 6.07) is 1.08. The number of carbonyl (C=O) groups is 1. The second-order valence-electron chi connectivity index (χ2n) is 6.00. The van der Waals surface area contributed by atoms with Crippen LogP contribution in [0.5, 0.6) is 0 Å². The first-order valence-corrected chi connectivity index (χ1v) is 7.37. The predicted octanol–water partition coefficient (Wildman–Crippen LogP) is 1.92. The topological polar surface area (TPSA) is 32.3 Å². The van der Waals surface area contributed by atoms with Crippen molar-refractivity contribution in [2.24, 2.45) is 5.92 Å². The normalized spacial score (nSPS) is 34.0. The number of nitrogens with one attached hydrogen (secondary N) is 1. The van der Waals surface area contributed by atoms with Gasteiger partial charge in [0, 0.05) is 25.0 Å². The van der Waals surface area contributed by atoms with Gasteiger partial charge in [-0.05, 0) is 57.4 Å². The number of likely N-dealkylation sites (tertiary alicyclic amines) is 1. The van der Waals surface area contributed by atoms with Crippen LogP contribution in [-0.2, 0) is 4.79 Å². The lowest BCUT2D eigenvalue weighted by Gasteiger charge is -2.39. The summed E-state index contributed by atoms with van der Waals surface area (Å²) in [6.45, 7) is 2.15. The Morgan fingerprint density at radius 1 is 1.12 bits per heavy atom. The molecule has 17 heavy (non-hydrogen) atoms. The zero-order valence-corrected chi connectivity index (χ0v) is 10.7. The van der Waals surface area contributed by atoms with Gasteiger partial charge < -0.3 is 10.2 Å². The minimum atomic E-state index is 0.436. The van der Waals surface area contributed by atoms with Crippen molar-refractivity contribution in [3.63, 3.8) is 0 Å². The van der Waals surface area contributed by atoms with Gasteiger partial charge in [-0.3, -0.25) is 4.79 Å². The third kappa shape index (κ3) is 2.65. The Hall–Kier alpha value is -0.570. The van der Waals surface area contributed by atoms with Gasteiger partial charge in [0.1, 0.15) is 0 Å². The maximum Gasteiger partial charge on any atom is 0.223 e. The van der Waals surface area contributed by atoms with Crippen molar-refractivity contribution >= 4 is 5.91 Å². The molecule has 0 aromatic rings. The molecule has 3 nitrogen and oxygen atoms in total. The number of hydrogen-bond donors (Lipinski definition) is 1. The summed E-state index contributed by atoms with van der Waals surface area (Å²) in [4.78, 5) is 14.5. The molecule has 1 amide bonds. The minimum Gasteiger partial charge on any atom is -0.338 e. The first-order chi connectivity index (χ1) is 8.34. The molecule has 3 aliphatic rings. The molecule has 3 fully saturated rings. The fourth-order valence-corrected chi connectivity index (χ4v) is 3.41. The average Bonchev–Trinajstić information content (AvgIpc) is 3.00. The van der Waals surface area contributed by atoms with E-state index in [9.17, 15) is 4.79 Å². The van der Waals surface area contributed by atoms with Gasteiger partial charge in [-0.1, -0.05) is 0 Å². The summed E-state index contributed by atoms with van der Waals surface area (Å²) in [5.41, 5.74) is 0. The van der Waals surface area contributed by atoms with Crippen molar-refractivity contribution in [3.05, 3.63) is 0 Å². The van der Waals surface area contributed by atoms with Crippen molar-refractivity contribution in [1.29, 1.82) is 0 Å². The van der Waals surface area contributed by atoms with E-state index in [2.05, 4.69) is 10.2 Å². The molecule has 0 bridgehead atoms. The molecule has 1 N–H and O–H groups in total. The van der Waals surface area contributed by atoms with Crippen LogP contribution in [0.4, 0.5) is 0 Å². The van der Waals surface area contributed by atoms with Crippen LogP contribution in [0.1, 0.15) is 51.4 Å². The van der Waals surface area contributed by atoms with E-state index in [0.29, 0.717) is 18.0 Å². The summed E-state index contributed by atoms with van der Waals surface area (Å²) >= 11 is 0. The molecule has 2 heterocycles. The molecule has 96 valence electrons. The monoisotopic (exact) mass is 236 g/mol. The maximum absolute atomic E-state index is 12.3. The van der Waals surface area contributed by atoms with Gasteiger partial charge in [-0.15, -0.1) is 0 Å². The highest BCUT2D eigenvalue weighted by Crippen LogP contribution is 2.34. The highest BCUT2D eigenvalue weighted by atomic mass is 16.2. The van der Waals surface area contributed by atoms with Gasteiger partial charge in [0.05, 0.1) is 0 Å². The van der Waals surface area contributed by atoms with Crippen LogP contribution in [0.15, 0.2) is 0 Å². The summed E-state index contributed by atoms with van der Waals surface area (Å²) in [7, 11) is 0. The van der Waals surface area contributed by atoms with Crippen LogP contribution in [0.25, 0.3) is 0 Å². The maximum atomic E-state index is 12.3. The van der Waals surface area contributed by atoms with Crippen molar-refractivity contribution in [2.45, 2.75) is 63.5 Å². The van der Waals surface area contributed by atoms with Gasteiger partial charge in [-0.2, -0.15) is 0 Å². The molecule has 3 rings (SSSR count). The summed E-state index contributed by atoms with van der Waals surface area (Å²) in [6.07, 6.45) is 9.66. The number of amides is 1. The second kappa shape index (κ2) is 4.97. The fourth-order valence-electron chi connectivity index (χ4n) is 3.41. The molecule has 0 radical (unpaired) electrons. The SMILES string of the molecule is O=C(CC1CC1)N1CCCCC1C1CCCN1. The van der Waals surface area contributed by atoms with E-state index in [1.807, 2.05) is 0 Å². The van der Waals surface area contributed by atoms with E-state index in [1.165, 1.54) is 44.9 Å². The molecule has 0 spiro atoms. The van der Waals surface area contributed by atoms with E-state index in [-0.39, 0.29) is 0 Å². The average molecular weight is 236 g/mol. The lowest BCUT2D eigenvalue weighted by Crippen LogP contribution is -2.52. The first-order valence-electron chi connectivity index (χ1n) is 7.37. The Kier molecular flexibility index (Phi) is 3.37. The van der Waals surface area contributed by atoms with Gasteiger partial charge in [-0.25, -0.2) is 0 Å². The van der Waals surface area contributed by atoms with Crippen molar-refractivity contribution in [3.8, 4) is 0 Å². The fraction of sp³-hybridized carbons (Fsp3) is 0.929. The Labute approximate surface area is 104 Å². The standard InChI is InChI=1S/C14H24N2O/c17-14(10-11-6-7-11)16-9-2-1-5-13(16)12-4-3-8-15-12/h11-13,15H,1-10H2. The van der Waals surface area contributed by atoms with Crippen LogP contribution in [0.2, 0.25) is 0 Å². The van der Waals surface area contributed by atoms with Crippen LogP contribution in [-0.4, -0.2) is 36.0 Å². The Morgan fingerprint density at radius 2 is 2.00 bits per heavy atom. The van der Waals surface area contributed by atoms with Gasteiger partial charge in [0.2, 0.25) is 5.91 Å². The Morgan fingerprint density at radius 3 is 2.71 bits per heavy atom. The number of nitrogens with zero attached hydrogens (tertiary/aromatic N) is 1. The van der Waals surface area contributed by atoms with Gasteiger partial charge in [0.15, 0.2) is 0 Å². The quantitative estimate of drug-likeness (QED) is 0.812. The first kappa shape index (κ1) is 11.5. The highest BCUT2D eigenvalue weighted by molar-refractivity contribution is 5.77. The zero-order chi connectivity index (χ0) is 11.7. The van der Waals surface area contributed by atoms with E-state index < -0.39 is 0 Å². The molecule has 1 aliphatic carbocycles. The molecule has 0 aromatic carbocycles. The molecule has 2 atom stereocenters. The molecule has 2 unspecified atom stereocenters. The minimum absolute atomic E-state index is 0.436. The largest absolute Gasteiger partial charge is 0.338 e. The van der Waals surface area contributed by atoms with E-state index in [0.717, 1.165) is 25.4 Å². The van der Waals surface area contributed by atoms with E-state index in [4.69, 9.17) is 0 Å². The van der Waals surface area contributed by atoms with Crippen LogP contribution in [0, 0.1) is 5.92 Å². The number of carbonyl (C=O) groups excluding carboxylic acids is 1. The molecular formula is C14H24N2O. The van der Waals surface area contributed by atoms with Crippen LogP contribution in [0.3, 0.4) is 0 Å². The lowest BCUT2D eigenvalue weighted by atomic mass is 9.94. The molecule has 1 saturated carbocycles. The third-order valence-corrected chi connectivity index (χ3v) is 4.59. The zero-order valence-electron chi connectivity index (χ0n) is 10.7. The van der Waals surface area contributed by atoms with E-state index in [1.54, 1.807) is 0 Å². The van der Waals surface area contributed by atoms with Gasteiger partial charge in [0.25, 0.3) is 0 Å². The number of rotatable bonds is 3. The number of hydrogen-bond acceptors (Lipinski definition) is 2. The summed E-state index contributed by atoms with van der Waals surface area (Å²) in [5, 5.41) is 3.59. The van der Waals surface area contributed by atoms with Crippen LogP contribution < -0.4 is 5.32 Å². The summed E-state index contributed by atoms with van der Waals surface area (Å²) in [5.74, 6) is 1.16. The molecule has 2 saturated heterocycles. The summed E-state index contributed by atoms with van der Waals surface area (Å²) < 4.78 is 0. The van der Waals surface area contributed by atoms with Gasteiger partial charge >= 0.3 is 0 Å². The second-order valence-corrected chi connectivity index (χ2v) is 6.00. The third-order valence-electron chi connectivity index (χ3n) is 4.59. The molecule has 2 aliphatic heterocycles. The van der Waals surface area contributed by atoms with Crippen molar-refractivity contribution in [1.82, 2.24) is 10.2 Å². The Balaban J connectivity index is 1.63. The Bertz CT molecular complexity index is 282. The van der Waals surface area contributed by atoms with E-state index >= 15 is 0 Å². The lowest BCUT2D eigenvalue weighted by molar-refractivity contribution is -0.135. The highest BCUT2D eigenvalue weighted by Gasteiger charge is 2.36. The molecule has 3 heteroatoms. The van der Waals surface area contributed by atoms with Crippen molar-refractivity contribution in [2.75, 3.05) is 13.1 Å².